The van der Waals surface area contributed by atoms with E-state index >= 15 is 0 Å². The monoisotopic (exact) mass is 407 g/mol. The molecule has 0 bridgehead atoms. The van der Waals surface area contributed by atoms with Gasteiger partial charge in [0.2, 0.25) is 5.91 Å². The summed E-state index contributed by atoms with van der Waals surface area (Å²) in [5.74, 6) is -0.136. The molecule has 4 aromatic rings. The summed E-state index contributed by atoms with van der Waals surface area (Å²) in [7, 11) is 0. The maximum atomic E-state index is 12.7. The van der Waals surface area contributed by atoms with Crippen LogP contribution in [0, 0.1) is 13.8 Å². The van der Waals surface area contributed by atoms with Crippen LogP contribution in [0.25, 0.3) is 16.7 Å². The van der Waals surface area contributed by atoms with E-state index in [4.69, 9.17) is 0 Å². The SMILES string of the molecule is Cc1ccc(C)c(-n2ccnc2SC(C)C(=O)Nc2ccc3[nH]c(=O)[nH]c3c2)c1. The zero-order chi connectivity index (χ0) is 20.5. The van der Waals surface area contributed by atoms with Gasteiger partial charge in [-0.2, -0.15) is 0 Å². The number of aromatic nitrogens is 4. The lowest BCUT2D eigenvalue weighted by Crippen LogP contribution is -2.22. The van der Waals surface area contributed by atoms with Crippen LogP contribution in [0.5, 0.6) is 0 Å². The summed E-state index contributed by atoms with van der Waals surface area (Å²) in [5, 5.41) is 3.30. The van der Waals surface area contributed by atoms with Crippen LogP contribution in [0.15, 0.2) is 58.7 Å². The van der Waals surface area contributed by atoms with Crippen molar-refractivity contribution in [3.8, 4) is 5.69 Å². The lowest BCUT2D eigenvalue weighted by Gasteiger charge is -2.15. The van der Waals surface area contributed by atoms with Gasteiger partial charge in [0.25, 0.3) is 0 Å². The number of nitrogens with one attached hydrogen (secondary N) is 3. The van der Waals surface area contributed by atoms with Crippen LogP contribution in [0.3, 0.4) is 0 Å². The molecule has 2 heterocycles. The Morgan fingerprint density at radius 1 is 1.14 bits per heavy atom. The zero-order valence-corrected chi connectivity index (χ0v) is 17.1. The molecular weight excluding hydrogens is 386 g/mol. The second kappa shape index (κ2) is 7.63. The van der Waals surface area contributed by atoms with Gasteiger partial charge in [0.1, 0.15) is 0 Å². The van der Waals surface area contributed by atoms with Crippen molar-refractivity contribution in [3.05, 3.63) is 70.4 Å². The van der Waals surface area contributed by atoms with E-state index in [9.17, 15) is 9.59 Å². The fourth-order valence-corrected chi connectivity index (χ4v) is 3.98. The van der Waals surface area contributed by atoms with Crippen molar-refractivity contribution in [2.24, 2.45) is 0 Å². The number of hydrogen-bond donors (Lipinski definition) is 3. The number of amides is 1. The minimum absolute atomic E-state index is 0.136. The van der Waals surface area contributed by atoms with Crippen molar-refractivity contribution >= 4 is 34.4 Å². The van der Waals surface area contributed by atoms with E-state index < -0.39 is 0 Å². The number of nitrogens with zero attached hydrogens (tertiary/aromatic N) is 2. The number of aromatic amines is 2. The van der Waals surface area contributed by atoms with Crippen molar-refractivity contribution in [2.75, 3.05) is 5.32 Å². The van der Waals surface area contributed by atoms with Crippen molar-refractivity contribution in [2.45, 2.75) is 31.2 Å². The minimum Gasteiger partial charge on any atom is -0.325 e. The molecule has 2 aromatic carbocycles. The molecule has 1 atom stereocenters. The number of anilines is 1. The first-order valence-corrected chi connectivity index (χ1v) is 10.1. The van der Waals surface area contributed by atoms with Gasteiger partial charge in [0.15, 0.2) is 5.16 Å². The Bertz CT molecular complexity index is 1250. The number of aryl methyl sites for hydroxylation is 2. The summed E-state index contributed by atoms with van der Waals surface area (Å²) in [6.45, 7) is 5.96. The normalized spacial score (nSPS) is 12.2. The highest BCUT2D eigenvalue weighted by Crippen LogP contribution is 2.27. The van der Waals surface area contributed by atoms with Crippen LogP contribution >= 0.6 is 11.8 Å². The van der Waals surface area contributed by atoms with E-state index in [0.29, 0.717) is 16.7 Å². The molecule has 0 radical (unpaired) electrons. The van der Waals surface area contributed by atoms with Gasteiger partial charge in [0, 0.05) is 18.1 Å². The largest absolute Gasteiger partial charge is 0.325 e. The average molecular weight is 407 g/mol. The molecule has 3 N–H and O–H groups in total. The summed E-state index contributed by atoms with van der Waals surface area (Å²) in [4.78, 5) is 33.9. The Kier molecular flexibility index (Phi) is 5.02. The van der Waals surface area contributed by atoms with Crippen molar-refractivity contribution in [1.82, 2.24) is 19.5 Å². The van der Waals surface area contributed by atoms with Gasteiger partial charge in [-0.15, -0.1) is 0 Å². The highest BCUT2D eigenvalue weighted by molar-refractivity contribution is 8.00. The standard InChI is InChI=1S/C21H21N5O2S/c1-12-4-5-13(2)18(10-12)26-9-8-22-21(26)29-14(3)19(27)23-15-6-7-16-17(11-15)25-20(28)24-16/h4-11,14H,1-3H3,(H,23,27)(H2,24,25,28). The van der Waals surface area contributed by atoms with E-state index in [1.807, 2.05) is 17.7 Å². The van der Waals surface area contributed by atoms with Gasteiger partial charge in [-0.1, -0.05) is 23.9 Å². The summed E-state index contributed by atoms with van der Waals surface area (Å²) >= 11 is 1.40. The minimum atomic E-state index is -0.359. The van der Waals surface area contributed by atoms with Crippen LogP contribution in [0.1, 0.15) is 18.1 Å². The van der Waals surface area contributed by atoms with E-state index in [1.165, 1.54) is 17.3 Å². The maximum absolute atomic E-state index is 12.7. The van der Waals surface area contributed by atoms with E-state index in [-0.39, 0.29) is 16.8 Å². The average Bonchev–Trinajstić information content (AvgIpc) is 3.28. The molecule has 148 valence electrons. The number of rotatable bonds is 5. The van der Waals surface area contributed by atoms with Crippen LogP contribution in [-0.2, 0) is 4.79 Å². The first kappa shape index (κ1) is 19.1. The highest BCUT2D eigenvalue weighted by atomic mass is 32.2. The number of carbonyl (C=O) groups excluding carboxylic acids is 1. The molecule has 1 amide bonds. The molecule has 0 saturated carbocycles. The fraction of sp³-hybridized carbons (Fsp3) is 0.190. The number of carbonyl (C=O) groups is 1. The van der Waals surface area contributed by atoms with Crippen LogP contribution < -0.4 is 11.0 Å². The topological polar surface area (TPSA) is 95.6 Å². The summed E-state index contributed by atoms with van der Waals surface area (Å²) in [5.41, 5.74) is 5.07. The number of hydrogen-bond acceptors (Lipinski definition) is 4. The first-order valence-electron chi connectivity index (χ1n) is 9.21. The number of benzene rings is 2. The van der Waals surface area contributed by atoms with Gasteiger partial charge >= 0.3 is 5.69 Å². The Hall–Kier alpha value is -3.26. The molecule has 0 fully saturated rings. The Morgan fingerprint density at radius 2 is 1.93 bits per heavy atom. The Morgan fingerprint density at radius 3 is 2.76 bits per heavy atom. The number of H-pyrrole nitrogens is 2. The van der Waals surface area contributed by atoms with E-state index in [1.54, 1.807) is 24.4 Å². The van der Waals surface area contributed by atoms with Crippen molar-refractivity contribution in [1.29, 1.82) is 0 Å². The summed E-state index contributed by atoms with van der Waals surface area (Å²) in [6.07, 6.45) is 3.65. The van der Waals surface area contributed by atoms with Gasteiger partial charge in [-0.3, -0.25) is 9.36 Å². The first-order chi connectivity index (χ1) is 13.9. The molecule has 7 nitrogen and oxygen atoms in total. The van der Waals surface area contributed by atoms with Gasteiger partial charge in [-0.05, 0) is 56.2 Å². The Labute approximate surface area is 171 Å². The smallest absolute Gasteiger partial charge is 0.323 e. The van der Waals surface area contributed by atoms with Gasteiger partial charge < -0.3 is 15.3 Å². The molecule has 0 aliphatic carbocycles. The molecule has 0 spiro atoms. The zero-order valence-electron chi connectivity index (χ0n) is 16.3. The predicted octanol–water partition coefficient (Wildman–Crippen LogP) is 3.78. The van der Waals surface area contributed by atoms with Crippen molar-refractivity contribution < 1.29 is 4.79 Å². The lowest BCUT2D eigenvalue weighted by molar-refractivity contribution is -0.115. The molecule has 2 aromatic heterocycles. The van der Waals surface area contributed by atoms with Crippen molar-refractivity contribution in [3.63, 3.8) is 0 Å². The third-order valence-corrected chi connectivity index (χ3v) is 5.75. The molecule has 0 aliphatic rings. The van der Waals surface area contributed by atoms with Gasteiger partial charge in [0.05, 0.1) is 22.0 Å². The third-order valence-electron chi connectivity index (χ3n) is 4.67. The Balaban J connectivity index is 1.51. The maximum Gasteiger partial charge on any atom is 0.323 e. The van der Waals surface area contributed by atoms with Crippen LogP contribution in [-0.4, -0.2) is 30.7 Å². The number of fused-ring (bicyclic) bond motifs is 1. The fourth-order valence-electron chi connectivity index (χ4n) is 3.11. The number of thioether (sulfide) groups is 1. The molecule has 29 heavy (non-hydrogen) atoms. The molecule has 0 saturated heterocycles. The van der Waals surface area contributed by atoms with Crippen LogP contribution in [0.2, 0.25) is 0 Å². The van der Waals surface area contributed by atoms with Gasteiger partial charge in [-0.25, -0.2) is 9.78 Å². The molecule has 4 rings (SSSR count). The lowest BCUT2D eigenvalue weighted by atomic mass is 10.1. The molecular formula is C21H21N5O2S. The molecule has 0 aliphatic heterocycles. The second-order valence-corrected chi connectivity index (χ2v) is 8.27. The van der Waals surface area contributed by atoms with E-state index in [2.05, 4.69) is 52.3 Å². The number of imidazole rings is 2. The molecule has 8 heteroatoms. The molecule has 1 unspecified atom stereocenters. The van der Waals surface area contributed by atoms with E-state index in [0.717, 1.165) is 16.4 Å². The predicted molar refractivity (Wildman–Crippen MR) is 116 cm³/mol. The van der Waals surface area contributed by atoms with Crippen LogP contribution in [0.4, 0.5) is 5.69 Å². The second-order valence-electron chi connectivity index (χ2n) is 6.96. The third kappa shape index (κ3) is 3.97. The highest BCUT2D eigenvalue weighted by Gasteiger charge is 2.19. The quantitative estimate of drug-likeness (QED) is 0.439. The summed E-state index contributed by atoms with van der Waals surface area (Å²) < 4.78 is 2.01. The summed E-state index contributed by atoms with van der Waals surface area (Å²) in [6, 6.07) is 11.5.